The molecule has 2 fully saturated rings. The van der Waals surface area contributed by atoms with Gasteiger partial charge in [-0.1, -0.05) is 0 Å². The first kappa shape index (κ1) is 14.3. The van der Waals surface area contributed by atoms with Crippen molar-refractivity contribution in [3.8, 4) is 0 Å². The van der Waals surface area contributed by atoms with Crippen molar-refractivity contribution in [2.24, 2.45) is 0 Å². The van der Waals surface area contributed by atoms with Crippen molar-refractivity contribution in [2.75, 3.05) is 33.2 Å². The Morgan fingerprint density at radius 3 is 1.94 bits per heavy atom. The Kier molecular flexibility index (Phi) is 4.68. The van der Waals surface area contributed by atoms with E-state index in [0.29, 0.717) is 0 Å². The van der Waals surface area contributed by atoms with Crippen molar-refractivity contribution in [2.45, 2.75) is 64.1 Å². The lowest BCUT2D eigenvalue weighted by molar-refractivity contribution is 0.0829. The Bertz CT molecular complexity index is 243. The molecule has 0 amide bonds. The average Bonchev–Trinajstić information content (AvgIpc) is 2.29. The van der Waals surface area contributed by atoms with Crippen LogP contribution in [0.1, 0.15) is 46.5 Å². The Labute approximate surface area is 113 Å². The summed E-state index contributed by atoms with van der Waals surface area (Å²) in [5.74, 6) is 0. The smallest absolute Gasteiger partial charge is 0.0113 e. The number of hydrogen-bond donors (Lipinski definition) is 1. The summed E-state index contributed by atoms with van der Waals surface area (Å²) < 4.78 is 0. The molecule has 1 aliphatic carbocycles. The molecule has 0 spiro atoms. The molecule has 0 unspecified atom stereocenters. The number of likely N-dealkylation sites (N-methyl/N-ethyl adjacent to an activating group) is 1. The number of piperazine rings is 1. The second-order valence-corrected chi connectivity index (χ2v) is 7.24. The first-order valence-electron chi connectivity index (χ1n) is 7.64. The molecular formula is C15H31N3. The minimum absolute atomic E-state index is 0.269. The van der Waals surface area contributed by atoms with Gasteiger partial charge >= 0.3 is 0 Å². The largest absolute Gasteiger partial charge is 0.309 e. The van der Waals surface area contributed by atoms with Crippen LogP contribution in [0.4, 0.5) is 0 Å². The number of rotatable bonds is 2. The summed E-state index contributed by atoms with van der Waals surface area (Å²) >= 11 is 0. The van der Waals surface area contributed by atoms with Crippen LogP contribution in [-0.4, -0.2) is 60.6 Å². The summed E-state index contributed by atoms with van der Waals surface area (Å²) in [4.78, 5) is 5.18. The average molecular weight is 253 g/mol. The molecule has 1 saturated carbocycles. The molecule has 1 heterocycles. The molecule has 0 bridgehead atoms. The lowest BCUT2D eigenvalue weighted by Crippen LogP contribution is -2.52. The topological polar surface area (TPSA) is 18.5 Å². The van der Waals surface area contributed by atoms with Gasteiger partial charge in [0.25, 0.3) is 0 Å². The maximum absolute atomic E-state index is 3.76. The summed E-state index contributed by atoms with van der Waals surface area (Å²) in [6, 6.07) is 1.60. The predicted octanol–water partition coefficient (Wildman–Crippen LogP) is 1.93. The van der Waals surface area contributed by atoms with E-state index in [1.807, 2.05) is 0 Å². The van der Waals surface area contributed by atoms with Gasteiger partial charge in [-0.05, 0) is 53.5 Å². The molecule has 2 aliphatic rings. The van der Waals surface area contributed by atoms with Crippen molar-refractivity contribution in [1.29, 1.82) is 0 Å². The first-order chi connectivity index (χ1) is 8.44. The zero-order valence-electron chi connectivity index (χ0n) is 12.7. The molecule has 0 atom stereocenters. The summed E-state index contributed by atoms with van der Waals surface area (Å²) in [5.41, 5.74) is 0.269. The summed E-state index contributed by atoms with van der Waals surface area (Å²) in [6.45, 7) is 11.9. The number of nitrogens with zero attached hydrogens (tertiary/aromatic N) is 2. The number of hydrogen-bond acceptors (Lipinski definition) is 3. The fourth-order valence-electron chi connectivity index (χ4n) is 3.38. The third kappa shape index (κ3) is 4.22. The van der Waals surface area contributed by atoms with Crippen molar-refractivity contribution >= 4 is 0 Å². The monoisotopic (exact) mass is 253 g/mol. The highest BCUT2D eigenvalue weighted by Crippen LogP contribution is 2.25. The van der Waals surface area contributed by atoms with Crippen molar-refractivity contribution in [3.63, 3.8) is 0 Å². The third-order valence-electron chi connectivity index (χ3n) is 4.39. The van der Waals surface area contributed by atoms with E-state index in [-0.39, 0.29) is 5.54 Å². The maximum atomic E-state index is 3.76. The highest BCUT2D eigenvalue weighted by atomic mass is 15.3. The lowest BCUT2D eigenvalue weighted by Gasteiger charge is -2.42. The van der Waals surface area contributed by atoms with Gasteiger partial charge in [0, 0.05) is 43.8 Å². The van der Waals surface area contributed by atoms with E-state index >= 15 is 0 Å². The van der Waals surface area contributed by atoms with E-state index in [1.54, 1.807) is 0 Å². The lowest BCUT2D eigenvalue weighted by atomic mass is 9.88. The highest BCUT2D eigenvalue weighted by Gasteiger charge is 2.28. The van der Waals surface area contributed by atoms with E-state index in [0.717, 1.165) is 12.1 Å². The molecule has 1 aliphatic heterocycles. The Hall–Kier alpha value is -0.120. The van der Waals surface area contributed by atoms with Gasteiger partial charge in [-0.2, -0.15) is 0 Å². The molecule has 106 valence electrons. The molecule has 0 aromatic carbocycles. The van der Waals surface area contributed by atoms with Crippen molar-refractivity contribution in [1.82, 2.24) is 15.1 Å². The Morgan fingerprint density at radius 2 is 1.44 bits per heavy atom. The Balaban J connectivity index is 1.73. The zero-order valence-corrected chi connectivity index (χ0v) is 12.7. The summed E-state index contributed by atoms with van der Waals surface area (Å²) in [5, 5.41) is 3.76. The second-order valence-electron chi connectivity index (χ2n) is 7.24. The van der Waals surface area contributed by atoms with E-state index in [9.17, 15) is 0 Å². The Morgan fingerprint density at radius 1 is 0.889 bits per heavy atom. The van der Waals surface area contributed by atoms with Crippen LogP contribution < -0.4 is 5.32 Å². The van der Waals surface area contributed by atoms with Gasteiger partial charge < -0.3 is 10.2 Å². The standard InChI is InChI=1S/C15H31N3/c1-15(2,3)16-13-5-7-14(8-6-13)18-11-9-17(4)10-12-18/h13-14,16H,5-12H2,1-4H3/t13-,14-. The van der Waals surface area contributed by atoms with Crippen LogP contribution >= 0.6 is 0 Å². The van der Waals surface area contributed by atoms with Gasteiger partial charge in [0.2, 0.25) is 0 Å². The predicted molar refractivity (Wildman–Crippen MR) is 78.0 cm³/mol. The first-order valence-corrected chi connectivity index (χ1v) is 7.64. The fraction of sp³-hybridized carbons (Fsp3) is 1.00. The van der Waals surface area contributed by atoms with Gasteiger partial charge in [-0.3, -0.25) is 4.90 Å². The molecule has 18 heavy (non-hydrogen) atoms. The van der Waals surface area contributed by atoms with E-state index in [1.165, 1.54) is 51.9 Å². The van der Waals surface area contributed by atoms with Crippen LogP contribution in [0.25, 0.3) is 0 Å². The molecule has 1 saturated heterocycles. The normalized spacial score (nSPS) is 32.7. The molecule has 0 radical (unpaired) electrons. The molecule has 1 N–H and O–H groups in total. The van der Waals surface area contributed by atoms with E-state index in [2.05, 4.69) is 42.9 Å². The number of nitrogens with one attached hydrogen (secondary N) is 1. The van der Waals surface area contributed by atoms with Gasteiger partial charge in [-0.15, -0.1) is 0 Å². The van der Waals surface area contributed by atoms with E-state index < -0.39 is 0 Å². The molecule has 3 heteroatoms. The van der Waals surface area contributed by atoms with Crippen molar-refractivity contribution in [3.05, 3.63) is 0 Å². The summed E-state index contributed by atoms with van der Waals surface area (Å²) in [7, 11) is 2.24. The summed E-state index contributed by atoms with van der Waals surface area (Å²) in [6.07, 6.45) is 5.48. The van der Waals surface area contributed by atoms with Crippen LogP contribution in [0.2, 0.25) is 0 Å². The second kappa shape index (κ2) is 5.89. The van der Waals surface area contributed by atoms with Gasteiger partial charge in [0.15, 0.2) is 0 Å². The third-order valence-corrected chi connectivity index (χ3v) is 4.39. The van der Waals surface area contributed by atoms with E-state index in [4.69, 9.17) is 0 Å². The minimum atomic E-state index is 0.269. The quantitative estimate of drug-likeness (QED) is 0.811. The SMILES string of the molecule is CN1CCN([C@H]2CC[C@H](NC(C)(C)C)CC2)CC1. The van der Waals surface area contributed by atoms with Gasteiger partial charge in [-0.25, -0.2) is 0 Å². The molecule has 2 rings (SSSR count). The zero-order chi connectivity index (χ0) is 13.2. The molecule has 3 nitrogen and oxygen atoms in total. The van der Waals surface area contributed by atoms with Crippen LogP contribution in [0.5, 0.6) is 0 Å². The van der Waals surface area contributed by atoms with Crippen molar-refractivity contribution < 1.29 is 0 Å². The molecule has 0 aromatic rings. The van der Waals surface area contributed by atoms with Crippen LogP contribution in [0.3, 0.4) is 0 Å². The molecular weight excluding hydrogens is 222 g/mol. The maximum Gasteiger partial charge on any atom is 0.0113 e. The van der Waals surface area contributed by atoms with Gasteiger partial charge in [0.1, 0.15) is 0 Å². The highest BCUT2D eigenvalue weighted by molar-refractivity contribution is 4.87. The van der Waals surface area contributed by atoms with Gasteiger partial charge in [0.05, 0.1) is 0 Å². The van der Waals surface area contributed by atoms with Crippen LogP contribution in [0.15, 0.2) is 0 Å². The van der Waals surface area contributed by atoms with Crippen LogP contribution in [-0.2, 0) is 0 Å². The minimum Gasteiger partial charge on any atom is -0.309 e. The fourth-order valence-corrected chi connectivity index (χ4v) is 3.38. The molecule has 0 aromatic heterocycles. The van der Waals surface area contributed by atoms with Crippen LogP contribution in [0, 0.1) is 0 Å².